The smallest absolute Gasteiger partial charge is 0.234 e. The van der Waals surface area contributed by atoms with Gasteiger partial charge in [0.2, 0.25) is 5.91 Å². The fraction of sp³-hybridized carbons (Fsp3) is 0.889. The third-order valence-corrected chi connectivity index (χ3v) is 2.59. The van der Waals surface area contributed by atoms with Crippen molar-refractivity contribution < 1.29 is 9.53 Å². The highest BCUT2D eigenvalue weighted by atomic mass is 16.5. The van der Waals surface area contributed by atoms with Crippen LogP contribution in [0, 0.1) is 0 Å². The van der Waals surface area contributed by atoms with Crippen molar-refractivity contribution in [1.82, 2.24) is 4.90 Å². The third kappa shape index (κ3) is 2.97. The molecule has 0 bridgehead atoms. The van der Waals surface area contributed by atoms with E-state index in [1.54, 1.807) is 0 Å². The summed E-state index contributed by atoms with van der Waals surface area (Å²) in [5, 5.41) is 0. The number of carbonyl (C=O) groups is 1. The average Bonchev–Trinajstić information content (AvgIpc) is 2.55. The molecule has 2 N–H and O–H groups in total. The quantitative estimate of drug-likeness (QED) is 0.671. The van der Waals surface area contributed by atoms with E-state index in [9.17, 15) is 4.79 Å². The second-order valence-electron chi connectivity index (χ2n) is 3.65. The lowest BCUT2D eigenvalue weighted by atomic mass is 10.2. The molecule has 1 amide bonds. The normalized spacial score (nSPS) is 25.0. The van der Waals surface area contributed by atoms with Crippen LogP contribution in [0.4, 0.5) is 0 Å². The van der Waals surface area contributed by atoms with Crippen molar-refractivity contribution in [2.45, 2.75) is 31.9 Å². The van der Waals surface area contributed by atoms with Crippen molar-refractivity contribution in [2.24, 2.45) is 5.73 Å². The number of rotatable bonds is 4. The fourth-order valence-corrected chi connectivity index (χ4v) is 1.48. The van der Waals surface area contributed by atoms with E-state index in [2.05, 4.69) is 0 Å². The number of hydrogen-bond acceptors (Lipinski definition) is 3. The van der Waals surface area contributed by atoms with Crippen LogP contribution >= 0.6 is 0 Å². The maximum absolute atomic E-state index is 10.9. The topological polar surface area (TPSA) is 55.6 Å². The molecule has 0 radical (unpaired) electrons. The molecule has 4 nitrogen and oxygen atoms in total. The molecule has 13 heavy (non-hydrogen) atoms. The number of hydrogen-bond donors (Lipinski definition) is 1. The molecule has 0 aromatic heterocycles. The lowest BCUT2D eigenvalue weighted by molar-refractivity contribution is -0.122. The minimum atomic E-state index is -0.277. The molecule has 1 aliphatic rings. The lowest BCUT2D eigenvalue weighted by Gasteiger charge is -2.24. The van der Waals surface area contributed by atoms with E-state index in [4.69, 9.17) is 10.5 Å². The molecule has 1 rings (SSSR count). The van der Waals surface area contributed by atoms with Gasteiger partial charge in [-0.15, -0.1) is 0 Å². The standard InChI is InChI=1S/C9H18N2O2/c1-7(9(10)12)11(2)6-8-4-3-5-13-8/h7-8H,3-6H2,1-2H3,(H2,10,12). The zero-order chi connectivity index (χ0) is 9.84. The first-order valence-corrected chi connectivity index (χ1v) is 4.72. The van der Waals surface area contributed by atoms with Crippen LogP contribution in [0.3, 0.4) is 0 Å². The summed E-state index contributed by atoms with van der Waals surface area (Å²) in [6, 6.07) is -0.204. The van der Waals surface area contributed by atoms with E-state index in [-0.39, 0.29) is 18.1 Å². The van der Waals surface area contributed by atoms with E-state index in [0.717, 1.165) is 26.0 Å². The number of primary amides is 1. The number of likely N-dealkylation sites (N-methyl/N-ethyl adjacent to an activating group) is 1. The van der Waals surface area contributed by atoms with Gasteiger partial charge in [-0.05, 0) is 26.8 Å². The average molecular weight is 186 g/mol. The zero-order valence-corrected chi connectivity index (χ0v) is 8.32. The van der Waals surface area contributed by atoms with Gasteiger partial charge in [-0.2, -0.15) is 0 Å². The first-order chi connectivity index (χ1) is 6.11. The number of amides is 1. The zero-order valence-electron chi connectivity index (χ0n) is 8.32. The van der Waals surface area contributed by atoms with Gasteiger partial charge in [-0.1, -0.05) is 0 Å². The van der Waals surface area contributed by atoms with Gasteiger partial charge < -0.3 is 10.5 Å². The number of nitrogens with two attached hydrogens (primary N) is 1. The van der Waals surface area contributed by atoms with E-state index in [1.165, 1.54) is 0 Å². The van der Waals surface area contributed by atoms with Gasteiger partial charge in [0.05, 0.1) is 12.1 Å². The summed E-state index contributed by atoms with van der Waals surface area (Å²) in [5.74, 6) is -0.277. The van der Waals surface area contributed by atoms with Crippen molar-refractivity contribution in [3.8, 4) is 0 Å². The van der Waals surface area contributed by atoms with E-state index < -0.39 is 0 Å². The minimum Gasteiger partial charge on any atom is -0.377 e. The van der Waals surface area contributed by atoms with Gasteiger partial charge in [0.25, 0.3) is 0 Å². The SMILES string of the molecule is CC(C(N)=O)N(C)CC1CCCO1. The first kappa shape index (κ1) is 10.5. The van der Waals surface area contributed by atoms with Crippen molar-refractivity contribution in [3.05, 3.63) is 0 Å². The highest BCUT2D eigenvalue weighted by Gasteiger charge is 2.21. The maximum Gasteiger partial charge on any atom is 0.234 e. The Morgan fingerprint density at radius 3 is 2.92 bits per heavy atom. The Kier molecular flexibility index (Phi) is 3.69. The van der Waals surface area contributed by atoms with Gasteiger partial charge >= 0.3 is 0 Å². The van der Waals surface area contributed by atoms with Gasteiger partial charge in [-0.3, -0.25) is 9.69 Å². The molecule has 1 fully saturated rings. The Hall–Kier alpha value is -0.610. The molecule has 2 atom stereocenters. The molecule has 0 aliphatic carbocycles. The van der Waals surface area contributed by atoms with Crippen molar-refractivity contribution in [1.29, 1.82) is 0 Å². The Labute approximate surface area is 79.0 Å². The second kappa shape index (κ2) is 4.58. The lowest BCUT2D eigenvalue weighted by Crippen LogP contribution is -2.43. The van der Waals surface area contributed by atoms with E-state index in [1.807, 2.05) is 18.9 Å². The summed E-state index contributed by atoms with van der Waals surface area (Å²) in [4.78, 5) is 12.8. The molecule has 0 saturated carbocycles. The largest absolute Gasteiger partial charge is 0.377 e. The Balaban J connectivity index is 2.30. The fourth-order valence-electron chi connectivity index (χ4n) is 1.48. The number of carbonyl (C=O) groups excluding carboxylic acids is 1. The minimum absolute atomic E-state index is 0.204. The molecule has 0 spiro atoms. The molecule has 2 unspecified atom stereocenters. The maximum atomic E-state index is 10.9. The van der Waals surface area contributed by atoms with Gasteiger partial charge in [0.15, 0.2) is 0 Å². The van der Waals surface area contributed by atoms with E-state index >= 15 is 0 Å². The van der Waals surface area contributed by atoms with Crippen LogP contribution in [0.25, 0.3) is 0 Å². The summed E-state index contributed by atoms with van der Waals surface area (Å²) >= 11 is 0. The van der Waals surface area contributed by atoms with Crippen LogP contribution in [0.15, 0.2) is 0 Å². The monoisotopic (exact) mass is 186 g/mol. The molecule has 0 aromatic carbocycles. The van der Waals surface area contributed by atoms with E-state index in [0.29, 0.717) is 0 Å². The van der Waals surface area contributed by atoms with Crippen molar-refractivity contribution in [2.75, 3.05) is 20.2 Å². The molecular weight excluding hydrogens is 168 g/mol. The Morgan fingerprint density at radius 1 is 1.77 bits per heavy atom. The summed E-state index contributed by atoms with van der Waals surface area (Å²) < 4.78 is 5.46. The van der Waals surface area contributed by atoms with Gasteiger partial charge in [0, 0.05) is 13.2 Å². The molecule has 76 valence electrons. The number of ether oxygens (including phenoxy) is 1. The van der Waals surface area contributed by atoms with Gasteiger partial charge in [0.1, 0.15) is 0 Å². The second-order valence-corrected chi connectivity index (χ2v) is 3.65. The highest BCUT2D eigenvalue weighted by Crippen LogP contribution is 2.13. The first-order valence-electron chi connectivity index (χ1n) is 4.72. The van der Waals surface area contributed by atoms with Crippen LogP contribution in [0.5, 0.6) is 0 Å². The summed E-state index contributed by atoms with van der Waals surface area (Å²) in [6.07, 6.45) is 2.51. The van der Waals surface area contributed by atoms with Crippen LogP contribution in [-0.2, 0) is 9.53 Å². The van der Waals surface area contributed by atoms with Crippen LogP contribution < -0.4 is 5.73 Å². The third-order valence-electron chi connectivity index (χ3n) is 2.59. The predicted molar refractivity (Wildman–Crippen MR) is 50.3 cm³/mol. The molecule has 1 aliphatic heterocycles. The van der Waals surface area contributed by atoms with Crippen molar-refractivity contribution >= 4 is 5.91 Å². The summed E-state index contributed by atoms with van der Waals surface area (Å²) in [5.41, 5.74) is 5.19. The van der Waals surface area contributed by atoms with Gasteiger partial charge in [-0.25, -0.2) is 0 Å². The molecule has 1 saturated heterocycles. The number of nitrogens with zero attached hydrogens (tertiary/aromatic N) is 1. The van der Waals surface area contributed by atoms with Crippen LogP contribution in [0.1, 0.15) is 19.8 Å². The molecular formula is C9H18N2O2. The summed E-state index contributed by atoms with van der Waals surface area (Å²) in [7, 11) is 1.90. The Morgan fingerprint density at radius 2 is 2.46 bits per heavy atom. The molecule has 1 heterocycles. The Bertz CT molecular complexity index is 178. The van der Waals surface area contributed by atoms with Crippen LogP contribution in [-0.4, -0.2) is 43.2 Å². The van der Waals surface area contributed by atoms with Crippen LogP contribution in [0.2, 0.25) is 0 Å². The van der Waals surface area contributed by atoms with Crippen molar-refractivity contribution in [3.63, 3.8) is 0 Å². The molecule has 4 heteroatoms. The molecule has 0 aromatic rings. The predicted octanol–water partition coefficient (Wildman–Crippen LogP) is -0.0290. The highest BCUT2D eigenvalue weighted by molar-refractivity contribution is 5.79. The summed E-state index contributed by atoms with van der Waals surface area (Å²) in [6.45, 7) is 3.46.